The Bertz CT molecular complexity index is 983. The molecule has 5 heteroatoms. The number of aliphatic imine (C=N–C) groups is 1. The van der Waals surface area contributed by atoms with Crippen molar-refractivity contribution in [1.29, 1.82) is 10.5 Å². The number of allylic oxidation sites excluding steroid dienone is 1. The lowest BCUT2D eigenvalue weighted by molar-refractivity contribution is 0.731. The summed E-state index contributed by atoms with van der Waals surface area (Å²) in [6.45, 7) is 2.14. The molecular weight excluding hydrogens is 386 g/mol. The summed E-state index contributed by atoms with van der Waals surface area (Å²) < 4.78 is 0. The molecule has 1 unspecified atom stereocenters. The molecule has 28 heavy (non-hydrogen) atoms. The maximum atomic E-state index is 10.0. The van der Waals surface area contributed by atoms with E-state index in [1.54, 1.807) is 17.8 Å². The standard InChI is InChI=1S/C23H20ClN3S/c1-2-3-13-28-23-19(15-26)21(17-11-7-8-12-20(17)24)18(14-25)22(27-23)16-9-5-4-6-10-16/h4-12,19,21H,2-3,13H2,1H3/t19?,21-/m1/s1. The van der Waals surface area contributed by atoms with Crippen molar-refractivity contribution in [2.45, 2.75) is 25.7 Å². The third kappa shape index (κ3) is 4.14. The molecule has 0 amide bonds. The van der Waals surface area contributed by atoms with Crippen LogP contribution in [0.1, 0.15) is 36.8 Å². The first-order valence-corrected chi connectivity index (χ1v) is 10.6. The first-order chi connectivity index (χ1) is 13.7. The molecule has 2 aromatic rings. The monoisotopic (exact) mass is 405 g/mol. The second-order valence-electron chi connectivity index (χ2n) is 6.50. The normalized spacial score (nSPS) is 18.9. The minimum atomic E-state index is -0.524. The predicted octanol–water partition coefficient (Wildman–Crippen LogP) is 6.44. The highest BCUT2D eigenvalue weighted by Crippen LogP contribution is 2.45. The molecule has 1 heterocycles. The van der Waals surface area contributed by atoms with Gasteiger partial charge in [0.05, 0.1) is 28.5 Å². The van der Waals surface area contributed by atoms with Gasteiger partial charge in [-0.25, -0.2) is 4.99 Å². The quantitative estimate of drug-likeness (QED) is 0.537. The topological polar surface area (TPSA) is 59.9 Å². The third-order valence-electron chi connectivity index (χ3n) is 4.68. The summed E-state index contributed by atoms with van der Waals surface area (Å²) in [6.07, 6.45) is 2.13. The Morgan fingerprint density at radius 3 is 2.43 bits per heavy atom. The van der Waals surface area contributed by atoms with E-state index in [-0.39, 0.29) is 0 Å². The van der Waals surface area contributed by atoms with Crippen LogP contribution >= 0.6 is 23.4 Å². The number of benzene rings is 2. The third-order valence-corrected chi connectivity index (χ3v) is 6.16. The average Bonchev–Trinajstić information content (AvgIpc) is 2.74. The first kappa shape index (κ1) is 20.2. The summed E-state index contributed by atoms with van der Waals surface area (Å²) in [5, 5.41) is 21.3. The lowest BCUT2D eigenvalue weighted by Gasteiger charge is -2.29. The van der Waals surface area contributed by atoms with E-state index >= 15 is 0 Å². The van der Waals surface area contributed by atoms with E-state index in [0.717, 1.165) is 34.8 Å². The Balaban J connectivity index is 2.20. The molecule has 0 radical (unpaired) electrons. The number of thioether (sulfide) groups is 1. The molecule has 0 aliphatic carbocycles. The molecule has 2 aromatic carbocycles. The minimum Gasteiger partial charge on any atom is -0.243 e. The average molecular weight is 406 g/mol. The molecule has 0 saturated carbocycles. The van der Waals surface area contributed by atoms with Gasteiger partial charge in [0.1, 0.15) is 5.92 Å². The number of hydrogen-bond acceptors (Lipinski definition) is 4. The largest absolute Gasteiger partial charge is 0.243 e. The Hall–Kier alpha value is -2.53. The molecule has 0 spiro atoms. The van der Waals surface area contributed by atoms with E-state index in [2.05, 4.69) is 19.1 Å². The zero-order chi connectivity index (χ0) is 19.9. The Kier molecular flexibility index (Phi) is 6.93. The van der Waals surface area contributed by atoms with E-state index in [0.29, 0.717) is 16.3 Å². The maximum Gasteiger partial charge on any atom is 0.106 e. The molecule has 2 atom stereocenters. The van der Waals surface area contributed by atoms with Gasteiger partial charge in [0, 0.05) is 16.5 Å². The molecule has 0 N–H and O–H groups in total. The lowest BCUT2D eigenvalue weighted by atomic mass is 9.78. The SMILES string of the molecule is CCCCSC1=NC(c2ccccc2)=C(C#N)[C@@H](c2ccccc2Cl)C1C#N. The Morgan fingerprint density at radius 2 is 1.79 bits per heavy atom. The molecule has 3 nitrogen and oxygen atoms in total. The molecule has 0 bridgehead atoms. The van der Waals surface area contributed by atoms with Crippen LogP contribution in [0.5, 0.6) is 0 Å². The molecule has 140 valence electrons. The number of nitriles is 2. The highest BCUT2D eigenvalue weighted by Gasteiger charge is 2.38. The summed E-state index contributed by atoms with van der Waals surface area (Å²) >= 11 is 8.09. The van der Waals surface area contributed by atoms with Crippen LogP contribution in [0, 0.1) is 28.6 Å². The summed E-state index contributed by atoms with van der Waals surface area (Å²) in [7, 11) is 0. The zero-order valence-electron chi connectivity index (χ0n) is 15.6. The van der Waals surface area contributed by atoms with Gasteiger partial charge in [-0.1, -0.05) is 73.5 Å². The van der Waals surface area contributed by atoms with Gasteiger partial charge in [0.2, 0.25) is 0 Å². The molecule has 0 saturated heterocycles. The smallest absolute Gasteiger partial charge is 0.106 e. The summed E-state index contributed by atoms with van der Waals surface area (Å²) in [6, 6.07) is 21.9. The van der Waals surface area contributed by atoms with Crippen LogP contribution in [0.2, 0.25) is 5.02 Å². The predicted molar refractivity (Wildman–Crippen MR) is 117 cm³/mol. The van der Waals surface area contributed by atoms with E-state index in [1.165, 1.54) is 0 Å². The Morgan fingerprint density at radius 1 is 1.07 bits per heavy atom. The van der Waals surface area contributed by atoms with Gasteiger partial charge in [-0.15, -0.1) is 11.8 Å². The second kappa shape index (κ2) is 9.60. The highest BCUT2D eigenvalue weighted by atomic mass is 35.5. The number of nitrogens with zero attached hydrogens (tertiary/aromatic N) is 3. The maximum absolute atomic E-state index is 10.0. The fraction of sp³-hybridized carbons (Fsp3) is 0.261. The van der Waals surface area contributed by atoms with Crippen LogP contribution in [0.3, 0.4) is 0 Å². The van der Waals surface area contributed by atoms with Gasteiger partial charge in [0.15, 0.2) is 0 Å². The van der Waals surface area contributed by atoms with Crippen molar-refractivity contribution in [2.75, 3.05) is 5.75 Å². The number of hydrogen-bond donors (Lipinski definition) is 0. The van der Waals surface area contributed by atoms with Gasteiger partial charge in [-0.2, -0.15) is 10.5 Å². The van der Waals surface area contributed by atoms with Crippen molar-refractivity contribution >= 4 is 34.1 Å². The van der Waals surface area contributed by atoms with Crippen molar-refractivity contribution in [3.05, 3.63) is 76.3 Å². The van der Waals surface area contributed by atoms with Crippen LogP contribution < -0.4 is 0 Å². The highest BCUT2D eigenvalue weighted by molar-refractivity contribution is 8.14. The molecular formula is C23H20ClN3S. The van der Waals surface area contributed by atoms with Crippen molar-refractivity contribution in [2.24, 2.45) is 10.9 Å². The van der Waals surface area contributed by atoms with Gasteiger partial charge in [-0.05, 0) is 23.8 Å². The number of halogens is 1. The fourth-order valence-corrected chi connectivity index (χ4v) is 4.69. The minimum absolute atomic E-state index is 0.430. The van der Waals surface area contributed by atoms with Crippen LogP contribution in [0.25, 0.3) is 5.70 Å². The molecule has 1 aliphatic rings. The first-order valence-electron chi connectivity index (χ1n) is 9.26. The van der Waals surface area contributed by atoms with E-state index in [4.69, 9.17) is 16.6 Å². The van der Waals surface area contributed by atoms with Crippen LogP contribution in [0.15, 0.2) is 65.2 Å². The van der Waals surface area contributed by atoms with Crippen molar-refractivity contribution in [3.8, 4) is 12.1 Å². The van der Waals surface area contributed by atoms with Crippen molar-refractivity contribution in [1.82, 2.24) is 0 Å². The summed E-state index contributed by atoms with van der Waals surface area (Å²) in [4.78, 5) is 4.80. The zero-order valence-corrected chi connectivity index (χ0v) is 17.2. The van der Waals surface area contributed by atoms with Gasteiger partial charge in [0.25, 0.3) is 0 Å². The van der Waals surface area contributed by atoms with Crippen molar-refractivity contribution in [3.63, 3.8) is 0 Å². The van der Waals surface area contributed by atoms with Crippen molar-refractivity contribution < 1.29 is 0 Å². The Labute approximate surface area is 175 Å². The van der Waals surface area contributed by atoms with Gasteiger partial charge in [-0.3, -0.25) is 0 Å². The molecule has 3 rings (SSSR count). The molecule has 0 fully saturated rings. The van der Waals surface area contributed by atoms with Gasteiger partial charge >= 0.3 is 0 Å². The fourth-order valence-electron chi connectivity index (χ4n) is 3.27. The van der Waals surface area contributed by atoms with Crippen LogP contribution in [-0.4, -0.2) is 10.8 Å². The molecule has 0 aromatic heterocycles. The van der Waals surface area contributed by atoms with E-state index in [1.807, 2.05) is 48.5 Å². The molecule has 1 aliphatic heterocycles. The second-order valence-corrected chi connectivity index (χ2v) is 8.02. The summed E-state index contributed by atoms with van der Waals surface area (Å²) in [5.41, 5.74) is 2.80. The van der Waals surface area contributed by atoms with Crippen LogP contribution in [0.4, 0.5) is 0 Å². The number of unbranched alkanes of at least 4 members (excludes halogenated alkanes) is 1. The van der Waals surface area contributed by atoms with E-state index in [9.17, 15) is 10.5 Å². The van der Waals surface area contributed by atoms with E-state index < -0.39 is 11.8 Å². The lowest BCUT2D eigenvalue weighted by Crippen LogP contribution is -2.25. The van der Waals surface area contributed by atoms with Crippen LogP contribution in [-0.2, 0) is 0 Å². The van der Waals surface area contributed by atoms with Gasteiger partial charge < -0.3 is 0 Å². The number of rotatable bonds is 5. The summed E-state index contributed by atoms with van der Waals surface area (Å²) in [5.74, 6) is -0.0587.